The van der Waals surface area contributed by atoms with E-state index in [1.807, 2.05) is 6.08 Å². The maximum atomic E-state index is 13.1. The van der Waals surface area contributed by atoms with Gasteiger partial charge in [-0.1, -0.05) is 40.2 Å². The van der Waals surface area contributed by atoms with Crippen molar-refractivity contribution in [2.45, 2.75) is 83.3 Å². The number of carbonyl (C=O) groups is 3. The molecule has 0 spiro atoms. The molecule has 0 bridgehead atoms. The van der Waals surface area contributed by atoms with E-state index >= 15 is 0 Å². The number of hydrogen-bond acceptors (Lipinski definition) is 9. The number of carbonyl (C=O) groups excluding carboxylic acids is 3. The fraction of sp³-hybridized carbons (Fsp3) is 0.783. The van der Waals surface area contributed by atoms with Crippen LogP contribution in [0.1, 0.15) is 53.9 Å². The molecule has 9 nitrogen and oxygen atoms in total. The van der Waals surface area contributed by atoms with E-state index in [0.29, 0.717) is 25.9 Å². The second-order valence-electron chi connectivity index (χ2n) is 9.55. The van der Waals surface area contributed by atoms with Gasteiger partial charge in [0, 0.05) is 13.1 Å². The monoisotopic (exact) mass is 453 g/mol. The zero-order chi connectivity index (χ0) is 23.8. The molecule has 0 unspecified atom stereocenters. The average molecular weight is 454 g/mol. The van der Waals surface area contributed by atoms with E-state index in [1.165, 1.54) is 6.92 Å². The number of esters is 3. The summed E-state index contributed by atoms with van der Waals surface area (Å²) < 4.78 is 16.6. The number of nitrogens with zero attached hydrogens (tertiary/aromatic N) is 1. The minimum absolute atomic E-state index is 0.0701. The summed E-state index contributed by atoms with van der Waals surface area (Å²) in [6, 6.07) is -0.271. The summed E-state index contributed by atoms with van der Waals surface area (Å²) in [5, 5.41) is 22.4. The number of aliphatic hydroxyl groups is 2. The number of ether oxygens (including phenoxy) is 3. The molecule has 0 aromatic heterocycles. The van der Waals surface area contributed by atoms with Gasteiger partial charge in [-0.2, -0.15) is 0 Å². The van der Waals surface area contributed by atoms with Crippen molar-refractivity contribution in [2.75, 3.05) is 19.7 Å². The van der Waals surface area contributed by atoms with Crippen LogP contribution < -0.4 is 0 Å². The van der Waals surface area contributed by atoms with Crippen molar-refractivity contribution >= 4 is 17.9 Å². The lowest BCUT2D eigenvalue weighted by Crippen LogP contribution is -2.56. The van der Waals surface area contributed by atoms with Crippen molar-refractivity contribution in [2.24, 2.45) is 11.8 Å². The highest BCUT2D eigenvalue weighted by atomic mass is 16.6. The minimum atomic E-state index is -2.08. The lowest BCUT2D eigenvalue weighted by atomic mass is 9.83. The average Bonchev–Trinajstić information content (AvgIpc) is 3.32. The summed E-state index contributed by atoms with van der Waals surface area (Å²) >= 11 is 0. The quantitative estimate of drug-likeness (QED) is 0.365. The van der Waals surface area contributed by atoms with E-state index in [2.05, 4.69) is 4.90 Å². The van der Waals surface area contributed by atoms with Crippen molar-refractivity contribution < 1.29 is 38.8 Å². The molecule has 2 saturated heterocycles. The van der Waals surface area contributed by atoms with E-state index in [0.717, 1.165) is 5.57 Å². The molecule has 3 rings (SSSR count). The van der Waals surface area contributed by atoms with Crippen LogP contribution in [0.5, 0.6) is 0 Å². The predicted molar refractivity (Wildman–Crippen MR) is 113 cm³/mol. The molecule has 0 radical (unpaired) electrons. The molecule has 3 aliphatic rings. The fourth-order valence-corrected chi connectivity index (χ4v) is 4.84. The van der Waals surface area contributed by atoms with E-state index in [-0.39, 0.29) is 12.6 Å². The summed E-state index contributed by atoms with van der Waals surface area (Å²) in [5.41, 5.74) is -3.38. The maximum absolute atomic E-state index is 13.1. The third-order valence-electron chi connectivity index (χ3n) is 7.37. The van der Waals surface area contributed by atoms with Crippen LogP contribution in [-0.2, 0) is 28.6 Å². The highest BCUT2D eigenvalue weighted by Gasteiger charge is 2.52. The second kappa shape index (κ2) is 9.11. The smallest absolute Gasteiger partial charge is 0.342 e. The van der Waals surface area contributed by atoms with Gasteiger partial charge in [-0.15, -0.1) is 0 Å². The van der Waals surface area contributed by atoms with E-state index in [4.69, 9.17) is 14.2 Å². The third-order valence-corrected chi connectivity index (χ3v) is 7.37. The van der Waals surface area contributed by atoms with Gasteiger partial charge in [-0.3, -0.25) is 9.69 Å². The number of rotatable bonds is 3. The highest BCUT2D eigenvalue weighted by molar-refractivity contribution is 5.87. The molecule has 32 heavy (non-hydrogen) atoms. The van der Waals surface area contributed by atoms with Crippen LogP contribution in [-0.4, -0.2) is 82.2 Å². The van der Waals surface area contributed by atoms with Gasteiger partial charge in [0.1, 0.15) is 18.8 Å². The van der Waals surface area contributed by atoms with Crippen molar-refractivity contribution in [3.05, 3.63) is 11.6 Å². The van der Waals surface area contributed by atoms with Gasteiger partial charge in [0.2, 0.25) is 5.60 Å². The minimum Gasteiger partial charge on any atom is -0.459 e. The SMILES string of the molecule is CC[C@H](C)[C@@]1(O)CC(=O)O[C@H](C)[C@@](O)(C(C)C)C(=O)OCC2=CCN3CC[C@@H](OC1=O)[C@@H]23. The summed E-state index contributed by atoms with van der Waals surface area (Å²) in [6.45, 7) is 9.38. The molecule has 180 valence electrons. The Morgan fingerprint density at radius 3 is 2.47 bits per heavy atom. The van der Waals surface area contributed by atoms with Gasteiger partial charge >= 0.3 is 17.9 Å². The predicted octanol–water partition coefficient (Wildman–Crippen LogP) is 0.955. The molecule has 3 aliphatic heterocycles. The summed E-state index contributed by atoms with van der Waals surface area (Å²) in [5.74, 6) is -3.83. The first-order valence-electron chi connectivity index (χ1n) is 11.4. The lowest BCUT2D eigenvalue weighted by molar-refractivity contribution is -0.200. The molecular formula is C23H35NO8. The molecule has 3 heterocycles. The maximum Gasteiger partial charge on any atom is 0.342 e. The molecule has 0 aliphatic carbocycles. The van der Waals surface area contributed by atoms with Gasteiger partial charge in [0.25, 0.3) is 0 Å². The van der Waals surface area contributed by atoms with Crippen LogP contribution in [0, 0.1) is 11.8 Å². The highest BCUT2D eigenvalue weighted by Crippen LogP contribution is 2.35. The summed E-state index contributed by atoms with van der Waals surface area (Å²) in [6.07, 6.45) is 0.502. The van der Waals surface area contributed by atoms with Crippen LogP contribution in [0.2, 0.25) is 0 Å². The van der Waals surface area contributed by atoms with Gasteiger partial charge in [-0.25, -0.2) is 9.59 Å². The molecule has 0 aromatic rings. The molecule has 0 amide bonds. The first kappa shape index (κ1) is 24.7. The zero-order valence-electron chi connectivity index (χ0n) is 19.5. The zero-order valence-corrected chi connectivity index (χ0v) is 19.5. The Morgan fingerprint density at radius 2 is 1.84 bits per heavy atom. The first-order chi connectivity index (χ1) is 14.9. The Hall–Kier alpha value is -1.97. The van der Waals surface area contributed by atoms with E-state index in [1.54, 1.807) is 27.7 Å². The Bertz CT molecular complexity index is 795. The van der Waals surface area contributed by atoms with Gasteiger partial charge in [0.05, 0.1) is 12.5 Å². The van der Waals surface area contributed by atoms with Crippen LogP contribution in [0.25, 0.3) is 0 Å². The largest absolute Gasteiger partial charge is 0.459 e. The van der Waals surface area contributed by atoms with Crippen molar-refractivity contribution in [3.8, 4) is 0 Å². The van der Waals surface area contributed by atoms with Crippen LogP contribution in [0.3, 0.4) is 0 Å². The third kappa shape index (κ3) is 4.18. The molecule has 2 N–H and O–H groups in total. The Morgan fingerprint density at radius 1 is 1.16 bits per heavy atom. The lowest BCUT2D eigenvalue weighted by Gasteiger charge is -2.37. The van der Waals surface area contributed by atoms with Crippen LogP contribution in [0.4, 0.5) is 0 Å². The van der Waals surface area contributed by atoms with Crippen molar-refractivity contribution in [1.29, 1.82) is 0 Å². The normalized spacial score (nSPS) is 37.8. The second-order valence-corrected chi connectivity index (χ2v) is 9.55. The molecule has 6 atom stereocenters. The standard InChI is InChI=1S/C23H35NO8/c1-6-14(4)22(28)11-18(25)31-15(5)23(29,13(2)3)21(27)30-12-16-7-9-24-10-8-17(19(16)24)32-20(22)26/h7,13-15,17,19,28-29H,6,8-12H2,1-5H3/t14-,15+,17+,19+,22-,23-/m0/s1. The Labute approximate surface area is 188 Å². The molecular weight excluding hydrogens is 418 g/mol. The van der Waals surface area contributed by atoms with Crippen molar-refractivity contribution in [1.82, 2.24) is 4.90 Å². The topological polar surface area (TPSA) is 123 Å². The summed E-state index contributed by atoms with van der Waals surface area (Å²) in [7, 11) is 0. The summed E-state index contributed by atoms with van der Waals surface area (Å²) in [4.78, 5) is 40.9. The Balaban J connectivity index is 1.99. The Kier molecular flexibility index (Phi) is 7.02. The van der Waals surface area contributed by atoms with Gasteiger partial charge < -0.3 is 24.4 Å². The van der Waals surface area contributed by atoms with Gasteiger partial charge in [-0.05, 0) is 30.8 Å². The van der Waals surface area contributed by atoms with E-state index < -0.39 is 59.6 Å². The molecule has 0 saturated carbocycles. The van der Waals surface area contributed by atoms with Crippen molar-refractivity contribution in [3.63, 3.8) is 0 Å². The van der Waals surface area contributed by atoms with Gasteiger partial charge in [0.15, 0.2) is 5.60 Å². The van der Waals surface area contributed by atoms with Crippen LogP contribution in [0.15, 0.2) is 11.6 Å². The first-order valence-corrected chi connectivity index (χ1v) is 11.4. The molecule has 9 heteroatoms. The van der Waals surface area contributed by atoms with Crippen LogP contribution >= 0.6 is 0 Å². The number of cyclic esters (lactones) is 2. The molecule has 2 fully saturated rings. The molecule has 0 aromatic carbocycles. The van der Waals surface area contributed by atoms with E-state index in [9.17, 15) is 24.6 Å². The number of hydrogen-bond donors (Lipinski definition) is 2. The fourth-order valence-electron chi connectivity index (χ4n) is 4.84.